The Bertz CT molecular complexity index is 1080. The van der Waals surface area contributed by atoms with E-state index in [9.17, 15) is 13.2 Å². The SMILES string of the molecule is N/N=C(\C=NCCOCCOCCCCCOCCc1c(F)cc(F)cc1F)COCCOCCOCCOCCCC1CCC2(CC1)CNC2. The first-order valence-corrected chi connectivity index (χ1v) is 18.7. The van der Waals surface area contributed by atoms with Gasteiger partial charge in [0.25, 0.3) is 0 Å². The third-order valence-electron chi connectivity index (χ3n) is 9.26. The van der Waals surface area contributed by atoms with E-state index in [-0.39, 0.29) is 25.2 Å². The molecule has 0 amide bonds. The Labute approximate surface area is 302 Å². The first-order valence-electron chi connectivity index (χ1n) is 18.7. The van der Waals surface area contributed by atoms with Crippen molar-refractivity contribution in [2.24, 2.45) is 27.3 Å². The molecule has 0 aromatic heterocycles. The van der Waals surface area contributed by atoms with Crippen LogP contribution in [0.3, 0.4) is 0 Å². The lowest BCUT2D eigenvalue weighted by molar-refractivity contribution is 0.000636. The lowest BCUT2D eigenvalue weighted by Gasteiger charge is -2.47. The zero-order chi connectivity index (χ0) is 36.2. The van der Waals surface area contributed by atoms with E-state index in [0.29, 0.717) is 102 Å². The van der Waals surface area contributed by atoms with Crippen molar-refractivity contribution in [2.75, 3.05) is 112 Å². The molecule has 292 valence electrons. The molecule has 51 heavy (non-hydrogen) atoms. The molecule has 0 atom stereocenters. The third-order valence-corrected chi connectivity index (χ3v) is 9.26. The smallest absolute Gasteiger partial charge is 0.132 e. The van der Waals surface area contributed by atoms with Crippen molar-refractivity contribution in [1.29, 1.82) is 0 Å². The van der Waals surface area contributed by atoms with Gasteiger partial charge in [0.05, 0.1) is 79.2 Å². The van der Waals surface area contributed by atoms with E-state index in [1.165, 1.54) is 45.2 Å². The molecule has 2 aliphatic rings. The minimum absolute atomic E-state index is 0.0617. The summed E-state index contributed by atoms with van der Waals surface area (Å²) in [6.07, 6.45) is 12.2. The van der Waals surface area contributed by atoms with Gasteiger partial charge in [-0.1, -0.05) is 0 Å². The molecule has 1 aliphatic heterocycles. The van der Waals surface area contributed by atoms with Crippen LogP contribution in [0.25, 0.3) is 0 Å². The predicted octanol–water partition coefficient (Wildman–Crippen LogP) is 4.88. The fourth-order valence-corrected chi connectivity index (χ4v) is 6.11. The lowest BCUT2D eigenvalue weighted by atomic mass is 9.66. The maximum atomic E-state index is 13.6. The molecule has 0 bridgehead atoms. The molecule has 3 N–H and O–H groups in total. The van der Waals surface area contributed by atoms with Gasteiger partial charge in [0.15, 0.2) is 0 Å². The Morgan fingerprint density at radius 3 is 1.80 bits per heavy atom. The number of nitrogens with zero attached hydrogens (tertiary/aromatic N) is 2. The number of hydrazone groups is 1. The molecular formula is C37H61F3N4O7. The molecule has 1 saturated carbocycles. The van der Waals surface area contributed by atoms with Crippen LogP contribution in [0.1, 0.15) is 63.4 Å². The average molecular weight is 731 g/mol. The number of rotatable bonds is 31. The van der Waals surface area contributed by atoms with Crippen LogP contribution in [0.15, 0.2) is 22.2 Å². The number of nitrogens with one attached hydrogen (secondary N) is 1. The summed E-state index contributed by atoms with van der Waals surface area (Å²) in [5.41, 5.74) is 1.02. The summed E-state index contributed by atoms with van der Waals surface area (Å²) in [7, 11) is 0. The molecule has 14 heteroatoms. The highest BCUT2D eigenvalue weighted by atomic mass is 19.1. The first-order chi connectivity index (χ1) is 25.0. The highest BCUT2D eigenvalue weighted by Crippen LogP contribution is 2.42. The quantitative estimate of drug-likeness (QED) is 0.0476. The van der Waals surface area contributed by atoms with Crippen LogP contribution in [-0.4, -0.2) is 124 Å². The molecule has 11 nitrogen and oxygen atoms in total. The van der Waals surface area contributed by atoms with Gasteiger partial charge in [-0.3, -0.25) is 4.99 Å². The normalized spacial score (nSPS) is 16.4. The maximum Gasteiger partial charge on any atom is 0.132 e. The van der Waals surface area contributed by atoms with E-state index < -0.39 is 17.5 Å². The maximum absolute atomic E-state index is 13.6. The second kappa shape index (κ2) is 27.4. The minimum atomic E-state index is -0.927. The number of ether oxygens (including phenoxy) is 7. The van der Waals surface area contributed by atoms with Gasteiger partial charge < -0.3 is 44.3 Å². The number of hydrogen-bond donors (Lipinski definition) is 2. The number of hydrogen-bond acceptors (Lipinski definition) is 11. The molecule has 1 aromatic rings. The van der Waals surface area contributed by atoms with Gasteiger partial charge >= 0.3 is 0 Å². The molecule has 0 unspecified atom stereocenters. The summed E-state index contributed by atoms with van der Waals surface area (Å²) in [6.45, 7) is 9.73. The van der Waals surface area contributed by atoms with E-state index in [2.05, 4.69) is 15.4 Å². The largest absolute Gasteiger partial charge is 0.381 e. The molecule has 1 spiro atoms. The van der Waals surface area contributed by atoms with Gasteiger partial charge in [0, 0.05) is 63.2 Å². The monoisotopic (exact) mass is 730 g/mol. The van der Waals surface area contributed by atoms with Crippen LogP contribution in [0.4, 0.5) is 13.2 Å². The molecule has 1 saturated heterocycles. The Hall–Kier alpha value is -2.17. The minimum Gasteiger partial charge on any atom is -0.381 e. The van der Waals surface area contributed by atoms with Crippen LogP contribution >= 0.6 is 0 Å². The van der Waals surface area contributed by atoms with E-state index in [0.717, 1.165) is 38.2 Å². The van der Waals surface area contributed by atoms with E-state index >= 15 is 0 Å². The van der Waals surface area contributed by atoms with Crippen molar-refractivity contribution in [1.82, 2.24) is 5.32 Å². The van der Waals surface area contributed by atoms with E-state index in [1.807, 2.05) is 0 Å². The van der Waals surface area contributed by atoms with Crippen LogP contribution in [-0.2, 0) is 39.6 Å². The van der Waals surface area contributed by atoms with Crippen molar-refractivity contribution < 1.29 is 46.3 Å². The van der Waals surface area contributed by atoms with Crippen LogP contribution in [0.2, 0.25) is 0 Å². The Morgan fingerprint density at radius 2 is 1.24 bits per heavy atom. The molecule has 1 heterocycles. The summed E-state index contributed by atoms with van der Waals surface area (Å²) in [5.74, 6) is 3.62. The Balaban J connectivity index is 0.981. The van der Waals surface area contributed by atoms with Gasteiger partial charge in [-0.25, -0.2) is 13.2 Å². The van der Waals surface area contributed by atoms with E-state index in [4.69, 9.17) is 39.0 Å². The zero-order valence-electron chi connectivity index (χ0n) is 30.4. The van der Waals surface area contributed by atoms with Crippen LogP contribution < -0.4 is 11.2 Å². The predicted molar refractivity (Wildman–Crippen MR) is 191 cm³/mol. The number of unbranched alkanes of at least 4 members (excludes halogenated alkanes) is 2. The lowest BCUT2D eigenvalue weighted by Crippen LogP contribution is -2.54. The van der Waals surface area contributed by atoms with Crippen LogP contribution in [0.5, 0.6) is 0 Å². The molecule has 3 rings (SSSR count). The fourth-order valence-electron chi connectivity index (χ4n) is 6.11. The third kappa shape index (κ3) is 19.5. The number of halogens is 3. The summed E-state index contributed by atoms with van der Waals surface area (Å²) >= 11 is 0. The number of aliphatic imine (C=N–C) groups is 1. The Kier molecular flexibility index (Phi) is 23.3. The van der Waals surface area contributed by atoms with Crippen molar-refractivity contribution in [3.05, 3.63) is 35.1 Å². The van der Waals surface area contributed by atoms with Crippen LogP contribution in [0, 0.1) is 28.8 Å². The van der Waals surface area contributed by atoms with Gasteiger partial charge in [-0.05, 0) is 69.1 Å². The molecule has 0 radical (unpaired) electrons. The Morgan fingerprint density at radius 1 is 0.706 bits per heavy atom. The van der Waals surface area contributed by atoms with E-state index in [1.54, 1.807) is 6.21 Å². The number of nitrogens with two attached hydrogens (primary N) is 1. The highest BCUT2D eigenvalue weighted by molar-refractivity contribution is 6.31. The van der Waals surface area contributed by atoms with Crippen molar-refractivity contribution in [3.63, 3.8) is 0 Å². The van der Waals surface area contributed by atoms with Gasteiger partial charge in [-0.2, -0.15) is 5.10 Å². The summed E-state index contributed by atoms with van der Waals surface area (Å²) < 4.78 is 79.1. The van der Waals surface area contributed by atoms with Gasteiger partial charge in [0.1, 0.15) is 23.2 Å². The average Bonchev–Trinajstić information content (AvgIpc) is 3.11. The van der Waals surface area contributed by atoms with Gasteiger partial charge in [0.2, 0.25) is 0 Å². The fraction of sp³-hybridized carbons (Fsp3) is 0.784. The standard InChI is InChI=1S/C37H61F3N4O7/c38-32-25-35(39)34(36(40)26-32)8-15-45-12-2-1-3-13-46-17-19-48-16-11-42-27-33(44-41)28-51-24-23-50-22-21-49-20-18-47-14-4-5-31-6-9-37(10-7-31)29-43-30-37/h25-27,31,43H,1-24,28-30,41H2/b42-27?,44-33+. The molecule has 2 fully saturated rings. The van der Waals surface area contributed by atoms with Crippen molar-refractivity contribution in [3.8, 4) is 0 Å². The second-order valence-electron chi connectivity index (χ2n) is 13.2. The summed E-state index contributed by atoms with van der Waals surface area (Å²) in [4.78, 5) is 4.27. The highest BCUT2D eigenvalue weighted by Gasteiger charge is 2.39. The van der Waals surface area contributed by atoms with Crippen molar-refractivity contribution in [2.45, 2.75) is 64.2 Å². The summed E-state index contributed by atoms with van der Waals surface area (Å²) in [6, 6.07) is 1.36. The molecule has 1 aromatic carbocycles. The van der Waals surface area contributed by atoms with Gasteiger partial charge in [-0.15, -0.1) is 0 Å². The molecule has 1 aliphatic carbocycles. The summed E-state index contributed by atoms with van der Waals surface area (Å²) in [5, 5.41) is 7.14. The number of benzene rings is 1. The first kappa shape index (κ1) is 43.2. The topological polar surface area (TPSA) is 127 Å². The zero-order valence-corrected chi connectivity index (χ0v) is 30.4. The van der Waals surface area contributed by atoms with Crippen molar-refractivity contribution >= 4 is 11.9 Å². The second-order valence-corrected chi connectivity index (χ2v) is 13.2. The molecular weight excluding hydrogens is 669 g/mol.